The summed E-state index contributed by atoms with van der Waals surface area (Å²) in [6.45, 7) is 21.4. The number of ether oxygens (including phenoxy) is 2. The second-order valence-corrected chi connectivity index (χ2v) is 15.5. The van der Waals surface area contributed by atoms with Crippen molar-refractivity contribution < 1.29 is 43.3 Å². The first kappa shape index (κ1) is 50.8. The summed E-state index contributed by atoms with van der Waals surface area (Å²) >= 11 is 0. The Hall–Kier alpha value is -5.24. The van der Waals surface area contributed by atoms with Crippen molar-refractivity contribution in [2.24, 2.45) is 5.92 Å². The number of amides is 5. The lowest BCUT2D eigenvalue weighted by atomic mass is 10.0. The van der Waals surface area contributed by atoms with Crippen molar-refractivity contribution in [2.75, 3.05) is 13.1 Å². The minimum atomic E-state index is -1.77. The highest BCUT2D eigenvalue weighted by molar-refractivity contribution is 5.92. The lowest BCUT2D eigenvalue weighted by Crippen LogP contribution is -2.56. The van der Waals surface area contributed by atoms with Gasteiger partial charge < -0.3 is 41.2 Å². The van der Waals surface area contributed by atoms with Crippen molar-refractivity contribution in [1.29, 1.82) is 0 Å². The van der Waals surface area contributed by atoms with Crippen LogP contribution < -0.4 is 26.6 Å². The van der Waals surface area contributed by atoms with Gasteiger partial charge in [0, 0.05) is 6.42 Å². The summed E-state index contributed by atoms with van der Waals surface area (Å²) in [5.41, 5.74) is 0.686. The van der Waals surface area contributed by atoms with Crippen LogP contribution in [0.15, 0.2) is 78.8 Å². The maximum atomic E-state index is 13.8. The van der Waals surface area contributed by atoms with Gasteiger partial charge in [-0.25, -0.2) is 4.79 Å². The van der Waals surface area contributed by atoms with E-state index in [-0.39, 0.29) is 44.1 Å². The molecule has 0 saturated carbocycles. The average Bonchev–Trinajstić information content (AvgIpc) is 3.15. The Morgan fingerprint density at radius 1 is 0.845 bits per heavy atom. The molecule has 0 aliphatic heterocycles. The number of hydrogen-bond acceptors (Lipinski definition) is 9. The van der Waals surface area contributed by atoms with Gasteiger partial charge in [0.2, 0.25) is 23.6 Å². The van der Waals surface area contributed by atoms with Gasteiger partial charge in [-0.1, -0.05) is 89.3 Å². The molecule has 5 amide bonds. The van der Waals surface area contributed by atoms with Crippen LogP contribution >= 0.6 is 0 Å². The number of benzene rings is 1. The molecule has 0 heterocycles. The van der Waals surface area contributed by atoms with E-state index in [0.717, 1.165) is 12.0 Å². The number of rotatable bonds is 26. The van der Waals surface area contributed by atoms with E-state index in [0.29, 0.717) is 36.3 Å². The Morgan fingerprint density at radius 2 is 1.48 bits per heavy atom. The summed E-state index contributed by atoms with van der Waals surface area (Å²) in [6, 6.07) is 5.11. The lowest BCUT2D eigenvalue weighted by molar-refractivity contribution is -0.158. The molecular formula is C44H67N5O9. The average molecular weight is 810 g/mol. The third-order valence-corrected chi connectivity index (χ3v) is 8.35. The number of allylic oxidation sites excluding steroid dienone is 5. The van der Waals surface area contributed by atoms with E-state index in [4.69, 9.17) is 9.47 Å². The molecule has 0 aliphatic carbocycles. The highest BCUT2D eigenvalue weighted by Gasteiger charge is 2.32. The quantitative estimate of drug-likeness (QED) is 0.0318. The zero-order chi connectivity index (χ0) is 43.8. The first-order chi connectivity index (χ1) is 27.3. The summed E-state index contributed by atoms with van der Waals surface area (Å²) in [6.07, 6.45) is 7.08. The van der Waals surface area contributed by atoms with E-state index in [9.17, 15) is 33.9 Å². The van der Waals surface area contributed by atoms with E-state index >= 15 is 0 Å². The van der Waals surface area contributed by atoms with Gasteiger partial charge >= 0.3 is 5.97 Å². The number of carbonyl (C=O) groups is 6. The maximum absolute atomic E-state index is 13.8. The van der Waals surface area contributed by atoms with Crippen LogP contribution in [0.3, 0.4) is 0 Å². The van der Waals surface area contributed by atoms with E-state index < -0.39 is 66.0 Å². The summed E-state index contributed by atoms with van der Waals surface area (Å²) in [7, 11) is 0. The van der Waals surface area contributed by atoms with Crippen LogP contribution in [0.5, 0.6) is 0 Å². The van der Waals surface area contributed by atoms with Gasteiger partial charge in [-0.05, 0) is 89.9 Å². The van der Waals surface area contributed by atoms with Crippen LogP contribution in [0, 0.1) is 5.92 Å². The van der Waals surface area contributed by atoms with Gasteiger partial charge in [0.1, 0.15) is 17.4 Å². The zero-order valence-electron chi connectivity index (χ0n) is 35.7. The minimum Gasteiger partial charge on any atom is -0.463 e. The molecule has 1 aromatic carbocycles. The molecule has 14 nitrogen and oxygen atoms in total. The van der Waals surface area contributed by atoms with Gasteiger partial charge in [-0.15, -0.1) is 0 Å². The molecule has 58 heavy (non-hydrogen) atoms. The SMILES string of the molecule is C=C(CC)CCCC(=O)NCC(=O)NC(CC/C=C(\C=C/C(C)C)OC(=C)C)C(=O)NC(CCC)C(O)C(=O)NCC(=O)NC(C(=O)OC(C)(C)C)c1ccccc1. The molecule has 0 spiro atoms. The van der Waals surface area contributed by atoms with E-state index in [2.05, 4.69) is 39.7 Å². The van der Waals surface area contributed by atoms with Crippen LogP contribution in [0.1, 0.15) is 118 Å². The van der Waals surface area contributed by atoms with Crippen molar-refractivity contribution in [3.63, 3.8) is 0 Å². The van der Waals surface area contributed by atoms with Crippen LogP contribution in [0.4, 0.5) is 0 Å². The van der Waals surface area contributed by atoms with Crippen LogP contribution in [0.25, 0.3) is 0 Å². The molecule has 1 aromatic rings. The second-order valence-electron chi connectivity index (χ2n) is 15.5. The van der Waals surface area contributed by atoms with Crippen molar-refractivity contribution in [2.45, 2.75) is 137 Å². The Morgan fingerprint density at radius 3 is 2.07 bits per heavy atom. The van der Waals surface area contributed by atoms with Crippen molar-refractivity contribution in [1.82, 2.24) is 26.6 Å². The molecule has 0 saturated heterocycles. The summed E-state index contributed by atoms with van der Waals surface area (Å²) in [5, 5.41) is 24.0. The third-order valence-electron chi connectivity index (χ3n) is 8.35. The van der Waals surface area contributed by atoms with Crippen LogP contribution in [-0.4, -0.2) is 77.5 Å². The number of esters is 1. The molecule has 0 aliphatic rings. The molecule has 0 radical (unpaired) electrons. The Labute approximate surface area is 344 Å². The number of aliphatic hydroxyl groups excluding tert-OH is 1. The molecule has 0 fully saturated rings. The molecule has 0 aromatic heterocycles. The van der Waals surface area contributed by atoms with Gasteiger partial charge in [0.25, 0.3) is 5.91 Å². The lowest BCUT2D eigenvalue weighted by Gasteiger charge is -2.26. The van der Waals surface area contributed by atoms with Gasteiger partial charge in [-0.2, -0.15) is 0 Å². The summed E-state index contributed by atoms with van der Waals surface area (Å²) in [5.74, 6) is -2.72. The molecular weight excluding hydrogens is 743 g/mol. The normalized spacial score (nSPS) is 13.7. The Kier molecular flexibility index (Phi) is 23.3. The molecule has 4 unspecified atom stereocenters. The predicted octanol–water partition coefficient (Wildman–Crippen LogP) is 5.11. The van der Waals surface area contributed by atoms with E-state index in [1.165, 1.54) is 0 Å². The second kappa shape index (κ2) is 26.6. The Balaban J connectivity index is 3.11. The standard InChI is InChI=1S/C44H67N5O9/c1-11-18-34(40(53)42(55)46-28-38(52)49-39(32-20-14-13-15-21-32)43(56)58-44(8,9)10)48-41(54)35(23-17-22-33(57-30(5)6)26-25-29(3)4)47-37(51)27-45-36(50)24-16-19-31(7)12-2/h13-15,20-22,25-26,29,34-35,39-40,53H,5,7,11-12,16-19,23-24,27-28H2,1-4,6,8-10H3,(H,45,50)(H,46,55)(H,47,51)(H,48,54)(H,49,52)/b26-25-,33-22+. The zero-order valence-corrected chi connectivity index (χ0v) is 35.7. The molecule has 1 rings (SSSR count). The minimum absolute atomic E-state index is 0.102. The van der Waals surface area contributed by atoms with Crippen molar-refractivity contribution in [3.05, 3.63) is 84.4 Å². The topological polar surface area (TPSA) is 201 Å². The van der Waals surface area contributed by atoms with Gasteiger partial charge in [-0.3, -0.25) is 24.0 Å². The van der Waals surface area contributed by atoms with Gasteiger partial charge in [0.15, 0.2) is 12.1 Å². The molecule has 322 valence electrons. The number of hydrogen-bond donors (Lipinski definition) is 6. The first-order valence-corrected chi connectivity index (χ1v) is 20.0. The highest BCUT2D eigenvalue weighted by Crippen LogP contribution is 2.19. The molecule has 0 bridgehead atoms. The first-order valence-electron chi connectivity index (χ1n) is 20.0. The third kappa shape index (κ3) is 21.9. The predicted molar refractivity (Wildman–Crippen MR) is 224 cm³/mol. The number of nitrogens with one attached hydrogen (secondary N) is 5. The fraction of sp³-hybridized carbons (Fsp3) is 0.545. The molecule has 14 heteroatoms. The van der Waals surface area contributed by atoms with E-state index in [1.807, 2.05) is 26.8 Å². The highest BCUT2D eigenvalue weighted by atomic mass is 16.6. The van der Waals surface area contributed by atoms with Crippen LogP contribution in [-0.2, 0) is 38.2 Å². The fourth-order valence-corrected chi connectivity index (χ4v) is 5.34. The maximum Gasteiger partial charge on any atom is 0.333 e. The van der Waals surface area contributed by atoms with Crippen molar-refractivity contribution >= 4 is 35.5 Å². The monoisotopic (exact) mass is 809 g/mol. The van der Waals surface area contributed by atoms with E-state index in [1.54, 1.807) is 77.1 Å². The van der Waals surface area contributed by atoms with Crippen molar-refractivity contribution in [3.8, 4) is 0 Å². The smallest absolute Gasteiger partial charge is 0.333 e. The summed E-state index contributed by atoms with van der Waals surface area (Å²) in [4.78, 5) is 78.3. The number of carbonyl (C=O) groups excluding carboxylic acids is 6. The Bertz CT molecular complexity index is 1600. The van der Waals surface area contributed by atoms with Crippen LogP contribution in [0.2, 0.25) is 0 Å². The largest absolute Gasteiger partial charge is 0.463 e. The summed E-state index contributed by atoms with van der Waals surface area (Å²) < 4.78 is 11.2. The van der Waals surface area contributed by atoms with Gasteiger partial charge in [0.05, 0.1) is 24.9 Å². The fourth-order valence-electron chi connectivity index (χ4n) is 5.34. The number of aliphatic hydroxyl groups is 1. The molecule has 4 atom stereocenters. The molecule has 6 N–H and O–H groups in total.